The second kappa shape index (κ2) is 7.36. The van der Waals surface area contributed by atoms with Gasteiger partial charge in [-0.3, -0.25) is 4.68 Å². The number of anilines is 1. The fraction of sp³-hybridized carbons (Fsp3) is 0.333. The van der Waals surface area contributed by atoms with Gasteiger partial charge in [0.05, 0.1) is 23.4 Å². The molecule has 0 saturated carbocycles. The lowest BCUT2D eigenvalue weighted by molar-refractivity contribution is -0.274. The number of benzene rings is 2. The summed E-state index contributed by atoms with van der Waals surface area (Å²) in [6.07, 6.45) is -2.70. The SMILES string of the molecule is Cn1ncc2c(NC(=O)N[C@@H]3CC(C)(C)Oc4cc(OC(F)(F)F)ccc43)cccc21. The molecule has 0 fully saturated rings. The molecule has 1 atom stereocenters. The highest BCUT2D eigenvalue weighted by molar-refractivity contribution is 6.00. The van der Waals surface area contributed by atoms with Crippen molar-refractivity contribution >= 4 is 22.6 Å². The van der Waals surface area contributed by atoms with E-state index in [-0.39, 0.29) is 11.5 Å². The maximum absolute atomic E-state index is 12.7. The Labute approximate surface area is 176 Å². The lowest BCUT2D eigenvalue weighted by atomic mass is 9.89. The number of carbonyl (C=O) groups is 1. The fourth-order valence-corrected chi connectivity index (χ4v) is 3.76. The maximum atomic E-state index is 12.7. The first-order valence-electron chi connectivity index (χ1n) is 9.58. The van der Waals surface area contributed by atoms with Crippen LogP contribution < -0.4 is 20.1 Å². The zero-order valence-corrected chi connectivity index (χ0v) is 17.1. The largest absolute Gasteiger partial charge is 0.573 e. The molecular weight excluding hydrogens is 413 g/mol. The van der Waals surface area contributed by atoms with Crippen LogP contribution in [0.5, 0.6) is 11.5 Å². The van der Waals surface area contributed by atoms with Crippen molar-refractivity contribution in [3.05, 3.63) is 48.2 Å². The third-order valence-electron chi connectivity index (χ3n) is 5.02. The van der Waals surface area contributed by atoms with Crippen LogP contribution >= 0.6 is 0 Å². The minimum Gasteiger partial charge on any atom is -0.487 e. The summed E-state index contributed by atoms with van der Waals surface area (Å²) < 4.78 is 49.2. The van der Waals surface area contributed by atoms with Gasteiger partial charge in [0.1, 0.15) is 17.1 Å². The number of nitrogens with zero attached hydrogens (tertiary/aromatic N) is 2. The molecule has 4 rings (SSSR count). The molecule has 31 heavy (non-hydrogen) atoms. The number of fused-ring (bicyclic) bond motifs is 2. The van der Waals surface area contributed by atoms with Crippen LogP contribution in [0.4, 0.5) is 23.7 Å². The van der Waals surface area contributed by atoms with Crippen molar-refractivity contribution in [1.29, 1.82) is 0 Å². The molecular formula is C21H21F3N4O3. The molecule has 164 valence electrons. The summed E-state index contributed by atoms with van der Waals surface area (Å²) >= 11 is 0. The Balaban J connectivity index is 1.56. The number of hydrogen-bond acceptors (Lipinski definition) is 4. The molecule has 3 aromatic rings. The van der Waals surface area contributed by atoms with Gasteiger partial charge < -0.3 is 20.1 Å². The average molecular weight is 434 g/mol. The lowest BCUT2D eigenvalue weighted by Gasteiger charge is -2.38. The molecule has 2 amide bonds. The highest BCUT2D eigenvalue weighted by Crippen LogP contribution is 2.42. The van der Waals surface area contributed by atoms with Crippen LogP contribution in [-0.4, -0.2) is 27.8 Å². The molecule has 2 aromatic carbocycles. The van der Waals surface area contributed by atoms with E-state index >= 15 is 0 Å². The molecule has 0 aliphatic carbocycles. The Morgan fingerprint density at radius 1 is 1.29 bits per heavy atom. The van der Waals surface area contributed by atoms with Crippen molar-refractivity contribution in [3.8, 4) is 11.5 Å². The monoisotopic (exact) mass is 434 g/mol. The van der Waals surface area contributed by atoms with Crippen molar-refractivity contribution in [2.75, 3.05) is 5.32 Å². The van der Waals surface area contributed by atoms with E-state index < -0.39 is 24.0 Å². The van der Waals surface area contributed by atoms with E-state index in [0.717, 1.165) is 10.9 Å². The summed E-state index contributed by atoms with van der Waals surface area (Å²) in [4.78, 5) is 12.7. The molecule has 2 heterocycles. The number of ether oxygens (including phenoxy) is 2. The van der Waals surface area contributed by atoms with Crippen LogP contribution in [0.3, 0.4) is 0 Å². The van der Waals surface area contributed by atoms with E-state index in [4.69, 9.17) is 4.74 Å². The molecule has 10 heteroatoms. The van der Waals surface area contributed by atoms with Gasteiger partial charge in [0.25, 0.3) is 0 Å². The van der Waals surface area contributed by atoms with Crippen LogP contribution in [-0.2, 0) is 7.05 Å². The number of hydrogen-bond donors (Lipinski definition) is 2. The van der Waals surface area contributed by atoms with E-state index in [0.29, 0.717) is 17.7 Å². The van der Waals surface area contributed by atoms with Gasteiger partial charge in [-0.05, 0) is 38.1 Å². The van der Waals surface area contributed by atoms with E-state index in [9.17, 15) is 18.0 Å². The smallest absolute Gasteiger partial charge is 0.487 e. The molecule has 0 saturated heterocycles. The van der Waals surface area contributed by atoms with Crippen molar-refractivity contribution in [2.24, 2.45) is 7.05 Å². The second-order valence-corrected chi connectivity index (χ2v) is 7.97. The first kappa shape index (κ1) is 20.8. The fourth-order valence-electron chi connectivity index (χ4n) is 3.76. The number of carbonyl (C=O) groups excluding carboxylic acids is 1. The highest BCUT2D eigenvalue weighted by atomic mass is 19.4. The van der Waals surface area contributed by atoms with E-state index in [1.165, 1.54) is 18.2 Å². The topological polar surface area (TPSA) is 77.4 Å². The second-order valence-electron chi connectivity index (χ2n) is 7.97. The van der Waals surface area contributed by atoms with E-state index in [2.05, 4.69) is 20.5 Å². The molecule has 0 unspecified atom stereocenters. The molecule has 1 aliphatic rings. The average Bonchev–Trinajstić information content (AvgIpc) is 3.01. The Morgan fingerprint density at radius 3 is 2.81 bits per heavy atom. The molecule has 2 N–H and O–H groups in total. The third kappa shape index (κ3) is 4.52. The van der Waals surface area contributed by atoms with Crippen LogP contribution in [0.15, 0.2) is 42.6 Å². The van der Waals surface area contributed by atoms with E-state index in [1.54, 1.807) is 30.8 Å². The van der Waals surface area contributed by atoms with Crippen molar-refractivity contribution in [2.45, 2.75) is 38.3 Å². The Bertz CT molecular complexity index is 1140. The first-order valence-corrected chi connectivity index (χ1v) is 9.58. The predicted octanol–water partition coefficient (Wildman–Crippen LogP) is 4.90. The minimum absolute atomic E-state index is 0.234. The summed E-state index contributed by atoms with van der Waals surface area (Å²) in [5.41, 5.74) is 1.34. The predicted molar refractivity (Wildman–Crippen MR) is 108 cm³/mol. The summed E-state index contributed by atoms with van der Waals surface area (Å²) in [6.45, 7) is 3.60. The normalized spacial score (nSPS) is 17.5. The van der Waals surface area contributed by atoms with Gasteiger partial charge in [0.2, 0.25) is 0 Å². The summed E-state index contributed by atoms with van der Waals surface area (Å²) in [5, 5.41) is 10.7. The molecule has 1 aromatic heterocycles. The lowest BCUT2D eigenvalue weighted by Crippen LogP contribution is -2.42. The summed E-state index contributed by atoms with van der Waals surface area (Å²) in [6, 6.07) is 8.43. The quantitative estimate of drug-likeness (QED) is 0.615. The third-order valence-corrected chi connectivity index (χ3v) is 5.02. The number of aryl methyl sites for hydroxylation is 1. The van der Waals surface area contributed by atoms with Gasteiger partial charge in [0, 0.05) is 30.5 Å². The standard InChI is InChI=1S/C21H21F3N4O3/c1-20(2)10-16(13-8-7-12(9-18(13)31-20)30-21(22,23)24)27-19(29)26-15-5-4-6-17-14(15)11-25-28(17)3/h4-9,11,16H,10H2,1-3H3,(H2,26,27,29)/t16-/m1/s1. The molecule has 1 aliphatic heterocycles. The number of halogens is 3. The molecule has 0 spiro atoms. The van der Waals surface area contributed by atoms with Crippen molar-refractivity contribution in [1.82, 2.24) is 15.1 Å². The molecule has 7 nitrogen and oxygen atoms in total. The Morgan fingerprint density at radius 2 is 2.06 bits per heavy atom. The van der Waals surface area contributed by atoms with Gasteiger partial charge in [-0.2, -0.15) is 5.10 Å². The first-order chi connectivity index (χ1) is 14.5. The van der Waals surface area contributed by atoms with Crippen LogP contribution in [0, 0.1) is 0 Å². The van der Waals surface area contributed by atoms with Crippen molar-refractivity contribution < 1.29 is 27.4 Å². The number of nitrogens with one attached hydrogen (secondary N) is 2. The van der Waals surface area contributed by atoms with Gasteiger partial charge in [0.15, 0.2) is 0 Å². The summed E-state index contributed by atoms with van der Waals surface area (Å²) in [7, 11) is 1.81. The highest BCUT2D eigenvalue weighted by Gasteiger charge is 2.36. The summed E-state index contributed by atoms with van der Waals surface area (Å²) in [5.74, 6) is -0.145. The van der Waals surface area contributed by atoms with E-state index in [1.807, 2.05) is 19.2 Å². The van der Waals surface area contributed by atoms with Gasteiger partial charge in [-0.1, -0.05) is 6.07 Å². The van der Waals surface area contributed by atoms with Gasteiger partial charge in [-0.25, -0.2) is 4.79 Å². The van der Waals surface area contributed by atoms with Gasteiger partial charge in [-0.15, -0.1) is 13.2 Å². The maximum Gasteiger partial charge on any atom is 0.573 e. The minimum atomic E-state index is -4.80. The number of amides is 2. The number of alkyl halides is 3. The number of rotatable bonds is 3. The zero-order valence-electron chi connectivity index (χ0n) is 17.1. The molecule has 0 bridgehead atoms. The number of aromatic nitrogens is 2. The van der Waals surface area contributed by atoms with Crippen LogP contribution in [0.25, 0.3) is 10.9 Å². The Hall–Kier alpha value is -3.43. The molecule has 0 radical (unpaired) electrons. The van der Waals surface area contributed by atoms with Crippen LogP contribution in [0.2, 0.25) is 0 Å². The van der Waals surface area contributed by atoms with Gasteiger partial charge >= 0.3 is 12.4 Å². The van der Waals surface area contributed by atoms with Crippen molar-refractivity contribution in [3.63, 3.8) is 0 Å². The zero-order chi connectivity index (χ0) is 22.4. The number of urea groups is 1. The van der Waals surface area contributed by atoms with Crippen LogP contribution in [0.1, 0.15) is 31.9 Å². The Kier molecular flexibility index (Phi) is 4.95.